The highest BCUT2D eigenvalue weighted by atomic mass is 16.7. The van der Waals surface area contributed by atoms with E-state index in [4.69, 9.17) is 18.9 Å². The number of benzene rings is 1. The van der Waals surface area contributed by atoms with Crippen LogP contribution in [0.25, 0.3) is 0 Å². The molecular formula is C13H14O5. The molecule has 0 aliphatic carbocycles. The first-order chi connectivity index (χ1) is 8.65. The topological polar surface area (TPSA) is 57.3 Å². The third kappa shape index (κ3) is 1.62. The first-order valence-electron chi connectivity index (χ1n) is 5.89. The van der Waals surface area contributed by atoms with Crippen molar-refractivity contribution in [2.75, 3.05) is 13.4 Å². The molecule has 18 heavy (non-hydrogen) atoms. The van der Waals surface area contributed by atoms with Crippen LogP contribution in [-0.2, 0) is 19.9 Å². The minimum atomic E-state index is -0.618. The lowest BCUT2D eigenvalue weighted by Crippen LogP contribution is -2.18. The molecule has 0 aromatic heterocycles. The Kier molecular flexibility index (Phi) is 2.45. The zero-order valence-corrected chi connectivity index (χ0v) is 10.3. The lowest BCUT2D eigenvalue weighted by molar-refractivity contribution is -0.144. The molecule has 2 aliphatic rings. The number of carbonyl (C=O) groups excluding carboxylic acids is 1. The van der Waals surface area contributed by atoms with E-state index in [1.165, 1.54) is 0 Å². The van der Waals surface area contributed by atoms with E-state index in [0.717, 1.165) is 11.3 Å². The summed E-state index contributed by atoms with van der Waals surface area (Å²) >= 11 is 0. The molecule has 1 aromatic carbocycles. The number of carbonyl (C=O) groups is 1. The molecule has 0 amide bonds. The minimum Gasteiger partial charge on any atom is -0.464 e. The molecule has 0 N–H and O–H groups in total. The van der Waals surface area contributed by atoms with Crippen LogP contribution in [0.3, 0.4) is 0 Å². The zero-order chi connectivity index (χ0) is 12.8. The number of ether oxygens (including phenoxy) is 4. The fourth-order valence-electron chi connectivity index (χ4n) is 2.13. The van der Waals surface area contributed by atoms with Gasteiger partial charge in [0.05, 0.1) is 6.61 Å². The van der Waals surface area contributed by atoms with Gasteiger partial charge in [0.2, 0.25) is 6.79 Å². The van der Waals surface area contributed by atoms with Gasteiger partial charge in [0.1, 0.15) is 5.60 Å². The van der Waals surface area contributed by atoms with Gasteiger partial charge in [-0.15, -0.1) is 0 Å². The highest BCUT2D eigenvalue weighted by Gasteiger charge is 2.59. The van der Waals surface area contributed by atoms with E-state index in [2.05, 4.69) is 0 Å². The van der Waals surface area contributed by atoms with Crippen LogP contribution >= 0.6 is 0 Å². The molecule has 0 bridgehead atoms. The number of hydrogen-bond donors (Lipinski definition) is 0. The van der Waals surface area contributed by atoms with Gasteiger partial charge in [0.25, 0.3) is 0 Å². The lowest BCUT2D eigenvalue weighted by Gasteiger charge is -2.07. The number of hydrogen-bond acceptors (Lipinski definition) is 5. The van der Waals surface area contributed by atoms with Crippen LogP contribution in [-0.4, -0.2) is 25.5 Å². The molecule has 5 heteroatoms. The van der Waals surface area contributed by atoms with E-state index in [0.29, 0.717) is 12.4 Å². The predicted molar refractivity (Wildman–Crippen MR) is 61.4 cm³/mol. The summed E-state index contributed by atoms with van der Waals surface area (Å²) in [5.41, 5.74) is 0.276. The number of fused-ring (bicyclic) bond motifs is 1. The van der Waals surface area contributed by atoms with Crippen LogP contribution in [0.1, 0.15) is 19.4 Å². The van der Waals surface area contributed by atoms with Crippen LogP contribution in [0.15, 0.2) is 18.2 Å². The summed E-state index contributed by atoms with van der Waals surface area (Å²) in [5, 5.41) is 0. The van der Waals surface area contributed by atoms with Crippen molar-refractivity contribution in [1.82, 2.24) is 0 Å². The SMILES string of the molecule is CCOC(=O)C1OC1(C)c1ccc2c(c1)OCO2. The largest absolute Gasteiger partial charge is 0.464 e. The van der Waals surface area contributed by atoms with E-state index in [1.54, 1.807) is 6.92 Å². The first-order valence-corrected chi connectivity index (χ1v) is 5.89. The Morgan fingerprint density at radius 2 is 2.22 bits per heavy atom. The third-order valence-electron chi connectivity index (χ3n) is 3.25. The molecule has 5 nitrogen and oxygen atoms in total. The molecule has 2 aliphatic heterocycles. The summed E-state index contributed by atoms with van der Waals surface area (Å²) in [7, 11) is 0. The monoisotopic (exact) mass is 250 g/mol. The molecule has 2 heterocycles. The molecule has 0 radical (unpaired) electrons. The molecule has 96 valence electrons. The quantitative estimate of drug-likeness (QED) is 0.602. The van der Waals surface area contributed by atoms with Crippen molar-refractivity contribution < 1.29 is 23.7 Å². The third-order valence-corrected chi connectivity index (χ3v) is 3.25. The molecule has 1 aromatic rings. The van der Waals surface area contributed by atoms with Gasteiger partial charge >= 0.3 is 5.97 Å². The normalized spacial score (nSPS) is 28.0. The second kappa shape index (κ2) is 3.88. The standard InChI is InChI=1S/C13H14O5/c1-3-15-12(14)11-13(2,18-11)8-4-5-9-10(6-8)17-7-16-9/h4-6,11H,3,7H2,1-2H3. The number of rotatable bonds is 3. The van der Waals surface area contributed by atoms with Crippen molar-refractivity contribution in [3.63, 3.8) is 0 Å². The summed E-state index contributed by atoms with van der Waals surface area (Å²) in [5.74, 6) is 1.08. The summed E-state index contributed by atoms with van der Waals surface area (Å²) in [6.45, 7) is 4.23. The van der Waals surface area contributed by atoms with Crippen molar-refractivity contribution in [2.45, 2.75) is 25.6 Å². The van der Waals surface area contributed by atoms with Gasteiger partial charge in [-0.2, -0.15) is 0 Å². The summed E-state index contributed by atoms with van der Waals surface area (Å²) in [4.78, 5) is 11.6. The molecule has 1 fully saturated rings. The Morgan fingerprint density at radius 3 is 3.00 bits per heavy atom. The van der Waals surface area contributed by atoms with E-state index in [1.807, 2.05) is 25.1 Å². The first kappa shape index (κ1) is 11.3. The Labute approximate surface area is 105 Å². The van der Waals surface area contributed by atoms with Crippen molar-refractivity contribution in [1.29, 1.82) is 0 Å². The molecule has 0 saturated carbocycles. The summed E-state index contributed by atoms with van der Waals surface area (Å²) < 4.78 is 21.0. The molecule has 2 unspecified atom stereocenters. The Bertz CT molecular complexity index is 498. The van der Waals surface area contributed by atoms with Crippen molar-refractivity contribution >= 4 is 5.97 Å². The fraction of sp³-hybridized carbons (Fsp3) is 0.462. The van der Waals surface area contributed by atoms with Gasteiger partial charge in [-0.05, 0) is 31.5 Å². The lowest BCUT2D eigenvalue weighted by atomic mass is 9.97. The average Bonchev–Trinajstić information content (AvgIpc) is 2.86. The van der Waals surface area contributed by atoms with Crippen molar-refractivity contribution in [2.24, 2.45) is 0 Å². The summed E-state index contributed by atoms with van der Waals surface area (Å²) in [6.07, 6.45) is -0.530. The molecule has 1 saturated heterocycles. The van der Waals surface area contributed by atoms with Gasteiger partial charge in [-0.1, -0.05) is 6.07 Å². The van der Waals surface area contributed by atoms with Gasteiger partial charge in [-0.25, -0.2) is 4.79 Å². The van der Waals surface area contributed by atoms with Crippen molar-refractivity contribution in [3.05, 3.63) is 23.8 Å². The van der Waals surface area contributed by atoms with E-state index in [-0.39, 0.29) is 12.8 Å². The van der Waals surface area contributed by atoms with Crippen LogP contribution in [0.5, 0.6) is 11.5 Å². The maximum Gasteiger partial charge on any atom is 0.338 e. The summed E-state index contributed by atoms with van der Waals surface area (Å²) in [6, 6.07) is 5.56. The van der Waals surface area contributed by atoms with Crippen LogP contribution in [0, 0.1) is 0 Å². The molecule has 3 rings (SSSR count). The van der Waals surface area contributed by atoms with E-state index >= 15 is 0 Å². The van der Waals surface area contributed by atoms with E-state index in [9.17, 15) is 4.79 Å². The Morgan fingerprint density at radius 1 is 1.44 bits per heavy atom. The van der Waals surface area contributed by atoms with Gasteiger partial charge in [0, 0.05) is 0 Å². The van der Waals surface area contributed by atoms with Crippen LogP contribution < -0.4 is 9.47 Å². The Hall–Kier alpha value is -1.75. The predicted octanol–water partition coefficient (Wildman–Crippen LogP) is 1.59. The smallest absolute Gasteiger partial charge is 0.338 e. The maximum atomic E-state index is 11.6. The van der Waals surface area contributed by atoms with Crippen LogP contribution in [0.2, 0.25) is 0 Å². The highest BCUT2D eigenvalue weighted by Crippen LogP contribution is 2.48. The van der Waals surface area contributed by atoms with E-state index < -0.39 is 11.7 Å². The second-order valence-corrected chi connectivity index (χ2v) is 4.43. The molecular weight excluding hydrogens is 236 g/mol. The Balaban J connectivity index is 1.82. The average molecular weight is 250 g/mol. The van der Waals surface area contributed by atoms with Gasteiger partial charge in [0.15, 0.2) is 17.6 Å². The maximum absolute atomic E-state index is 11.6. The second-order valence-electron chi connectivity index (χ2n) is 4.43. The van der Waals surface area contributed by atoms with Crippen molar-refractivity contribution in [3.8, 4) is 11.5 Å². The fourth-order valence-corrected chi connectivity index (χ4v) is 2.13. The highest BCUT2D eigenvalue weighted by molar-refractivity contribution is 5.80. The molecule has 0 spiro atoms. The van der Waals surface area contributed by atoms with Gasteiger partial charge in [-0.3, -0.25) is 0 Å². The number of epoxide rings is 1. The number of esters is 1. The molecule has 2 atom stereocenters. The minimum absolute atomic E-state index is 0.234. The van der Waals surface area contributed by atoms with Crippen LogP contribution in [0.4, 0.5) is 0 Å². The van der Waals surface area contributed by atoms with Gasteiger partial charge < -0.3 is 18.9 Å². The zero-order valence-electron chi connectivity index (χ0n) is 10.3.